The van der Waals surface area contributed by atoms with Crippen molar-refractivity contribution in [2.24, 2.45) is 0 Å². The van der Waals surface area contributed by atoms with Crippen LogP contribution in [0, 0.1) is 0 Å². The van der Waals surface area contributed by atoms with Crippen LogP contribution in [-0.4, -0.2) is 23.6 Å². The number of carbonyl (C=O) groups is 1. The number of rotatable bonds is 4. The molecule has 0 saturated heterocycles. The molecule has 8 heteroatoms. The zero-order valence-electron chi connectivity index (χ0n) is 8.43. The average Bonchev–Trinajstić information content (AvgIpc) is 2.14. The standard InChI is InChI=1S/C9H9Cl2NO4S/c10-9(11)4-7(13)6-3-5(12)1-2-8(6)17(14,15)16/h1-3,9H,4,12H2,(H,14,15,16). The second-order valence-electron chi connectivity index (χ2n) is 3.25. The normalized spacial score (nSPS) is 11.8. The largest absolute Gasteiger partial charge is 0.399 e. The molecule has 0 unspecified atom stereocenters. The Morgan fingerprint density at radius 1 is 1.41 bits per heavy atom. The van der Waals surface area contributed by atoms with Gasteiger partial charge in [-0.1, -0.05) is 0 Å². The van der Waals surface area contributed by atoms with Gasteiger partial charge in [-0.3, -0.25) is 9.35 Å². The van der Waals surface area contributed by atoms with Gasteiger partial charge in [-0.05, 0) is 18.2 Å². The van der Waals surface area contributed by atoms with E-state index in [4.69, 9.17) is 33.5 Å². The fraction of sp³-hybridized carbons (Fsp3) is 0.222. The van der Waals surface area contributed by atoms with Gasteiger partial charge in [-0.25, -0.2) is 0 Å². The average molecular weight is 298 g/mol. The van der Waals surface area contributed by atoms with E-state index in [0.29, 0.717) is 0 Å². The van der Waals surface area contributed by atoms with E-state index in [0.717, 1.165) is 12.1 Å². The number of Topliss-reactive ketones (excluding diaryl/α,β-unsaturated/α-hetero) is 1. The molecule has 0 radical (unpaired) electrons. The quantitative estimate of drug-likeness (QED) is 0.383. The van der Waals surface area contributed by atoms with E-state index in [1.54, 1.807) is 0 Å². The number of halogens is 2. The molecule has 1 aromatic carbocycles. The van der Waals surface area contributed by atoms with Crippen LogP contribution in [0.2, 0.25) is 0 Å². The lowest BCUT2D eigenvalue weighted by Gasteiger charge is -2.07. The molecule has 0 atom stereocenters. The fourth-order valence-electron chi connectivity index (χ4n) is 1.24. The first-order chi connectivity index (χ1) is 7.71. The molecule has 0 spiro atoms. The Morgan fingerprint density at radius 3 is 2.47 bits per heavy atom. The smallest absolute Gasteiger partial charge is 0.295 e. The van der Waals surface area contributed by atoms with Crippen LogP contribution in [0.5, 0.6) is 0 Å². The van der Waals surface area contributed by atoms with Crippen molar-refractivity contribution in [3.8, 4) is 0 Å². The van der Waals surface area contributed by atoms with Gasteiger partial charge in [0, 0.05) is 17.7 Å². The minimum Gasteiger partial charge on any atom is -0.399 e. The summed E-state index contributed by atoms with van der Waals surface area (Å²) in [7, 11) is -4.49. The monoisotopic (exact) mass is 297 g/mol. The molecule has 0 bridgehead atoms. The zero-order chi connectivity index (χ0) is 13.2. The molecule has 0 aliphatic carbocycles. The first-order valence-corrected chi connectivity index (χ1v) is 6.71. The van der Waals surface area contributed by atoms with Crippen molar-refractivity contribution in [2.45, 2.75) is 16.2 Å². The SMILES string of the molecule is Nc1ccc(S(=O)(=O)O)c(C(=O)CC(Cl)Cl)c1. The second-order valence-corrected chi connectivity index (χ2v) is 5.92. The van der Waals surface area contributed by atoms with Crippen LogP contribution >= 0.6 is 23.2 Å². The molecular formula is C9H9Cl2NO4S. The second kappa shape index (κ2) is 5.22. The highest BCUT2D eigenvalue weighted by Gasteiger charge is 2.21. The van der Waals surface area contributed by atoms with E-state index in [9.17, 15) is 13.2 Å². The van der Waals surface area contributed by atoms with Crippen LogP contribution in [0.4, 0.5) is 5.69 Å². The summed E-state index contributed by atoms with van der Waals surface area (Å²) in [6, 6.07) is 3.47. The van der Waals surface area contributed by atoms with Crippen LogP contribution in [0.25, 0.3) is 0 Å². The molecule has 0 aliphatic rings. The Labute approximate surface area is 108 Å². The van der Waals surface area contributed by atoms with Crippen molar-refractivity contribution in [3.63, 3.8) is 0 Å². The van der Waals surface area contributed by atoms with E-state index in [2.05, 4.69) is 0 Å². The summed E-state index contributed by atoms with van der Waals surface area (Å²) in [4.78, 5) is 10.2. The lowest BCUT2D eigenvalue weighted by atomic mass is 10.1. The summed E-state index contributed by atoms with van der Waals surface area (Å²) in [6.45, 7) is 0. The predicted octanol–water partition coefficient (Wildman–Crippen LogP) is 1.89. The maximum absolute atomic E-state index is 11.7. The van der Waals surface area contributed by atoms with Crippen molar-refractivity contribution in [1.29, 1.82) is 0 Å². The van der Waals surface area contributed by atoms with Crippen LogP contribution < -0.4 is 5.73 Å². The number of nitrogens with two attached hydrogens (primary N) is 1. The molecule has 5 nitrogen and oxygen atoms in total. The van der Waals surface area contributed by atoms with Crippen LogP contribution in [0.1, 0.15) is 16.8 Å². The van der Waals surface area contributed by atoms with Crippen molar-refractivity contribution in [2.75, 3.05) is 5.73 Å². The summed E-state index contributed by atoms with van der Waals surface area (Å²) < 4.78 is 31.1. The maximum atomic E-state index is 11.7. The van der Waals surface area contributed by atoms with Gasteiger partial charge in [-0.2, -0.15) is 8.42 Å². The van der Waals surface area contributed by atoms with Gasteiger partial charge >= 0.3 is 0 Å². The highest BCUT2D eigenvalue weighted by Crippen LogP contribution is 2.22. The van der Waals surface area contributed by atoms with Gasteiger partial charge in [0.25, 0.3) is 10.1 Å². The molecular weight excluding hydrogens is 289 g/mol. The number of anilines is 1. The summed E-state index contributed by atoms with van der Waals surface area (Å²) in [5.41, 5.74) is 5.42. The van der Waals surface area contributed by atoms with E-state index in [1.807, 2.05) is 0 Å². The van der Waals surface area contributed by atoms with E-state index < -0.39 is 25.6 Å². The number of alkyl halides is 2. The molecule has 1 rings (SSSR count). The number of ketones is 1. The Morgan fingerprint density at radius 2 is 2.00 bits per heavy atom. The van der Waals surface area contributed by atoms with Crippen LogP contribution in [-0.2, 0) is 10.1 Å². The zero-order valence-corrected chi connectivity index (χ0v) is 10.8. The lowest BCUT2D eigenvalue weighted by Crippen LogP contribution is -2.11. The minimum atomic E-state index is -4.49. The van der Waals surface area contributed by atoms with Gasteiger partial charge in [0.15, 0.2) is 5.78 Å². The molecule has 0 fully saturated rings. The summed E-state index contributed by atoms with van der Waals surface area (Å²) in [5, 5.41) is 0. The summed E-state index contributed by atoms with van der Waals surface area (Å²) in [5.74, 6) is -0.611. The number of carbonyl (C=O) groups excluding carboxylic acids is 1. The van der Waals surface area contributed by atoms with Gasteiger partial charge in [-0.15, -0.1) is 23.2 Å². The maximum Gasteiger partial charge on any atom is 0.295 e. The Bertz CT molecular complexity index is 542. The van der Waals surface area contributed by atoms with E-state index in [-0.39, 0.29) is 17.7 Å². The fourth-order valence-corrected chi connectivity index (χ4v) is 2.21. The van der Waals surface area contributed by atoms with Gasteiger partial charge < -0.3 is 5.73 Å². The van der Waals surface area contributed by atoms with Gasteiger partial charge in [0.2, 0.25) is 0 Å². The highest BCUT2D eigenvalue weighted by molar-refractivity contribution is 7.86. The molecule has 0 heterocycles. The van der Waals surface area contributed by atoms with Crippen molar-refractivity contribution >= 4 is 44.8 Å². The molecule has 3 N–H and O–H groups in total. The summed E-state index contributed by atoms with van der Waals surface area (Å²) >= 11 is 10.9. The third-order valence-corrected chi connectivity index (χ3v) is 3.14. The first-order valence-electron chi connectivity index (χ1n) is 4.40. The van der Waals surface area contributed by atoms with Gasteiger partial charge in [0.05, 0.1) is 0 Å². The number of benzene rings is 1. The molecule has 0 saturated carbocycles. The van der Waals surface area contributed by atoms with Crippen LogP contribution in [0.15, 0.2) is 23.1 Å². The van der Waals surface area contributed by atoms with Crippen LogP contribution in [0.3, 0.4) is 0 Å². The molecule has 0 aromatic heterocycles. The van der Waals surface area contributed by atoms with Crippen molar-refractivity contribution < 1.29 is 17.8 Å². The molecule has 94 valence electrons. The highest BCUT2D eigenvalue weighted by atomic mass is 35.5. The summed E-state index contributed by atoms with van der Waals surface area (Å²) in [6.07, 6.45) is -0.269. The topological polar surface area (TPSA) is 97.5 Å². The molecule has 0 amide bonds. The van der Waals surface area contributed by atoms with Crippen molar-refractivity contribution in [1.82, 2.24) is 0 Å². The predicted molar refractivity (Wildman–Crippen MR) is 65.1 cm³/mol. The Hall–Kier alpha value is -0.820. The number of hydrogen-bond donors (Lipinski definition) is 2. The Kier molecular flexibility index (Phi) is 4.37. The van der Waals surface area contributed by atoms with Gasteiger partial charge in [0.1, 0.15) is 9.73 Å². The number of nitrogen functional groups attached to an aromatic ring is 1. The lowest BCUT2D eigenvalue weighted by molar-refractivity contribution is 0.0983. The molecule has 1 aromatic rings. The van der Waals surface area contributed by atoms with E-state index in [1.165, 1.54) is 6.07 Å². The number of hydrogen-bond acceptors (Lipinski definition) is 4. The third-order valence-electron chi connectivity index (χ3n) is 1.92. The molecule has 17 heavy (non-hydrogen) atoms. The molecule has 0 aliphatic heterocycles. The third kappa shape index (κ3) is 3.85. The Balaban J connectivity index is 3.31. The first kappa shape index (κ1) is 14.2. The van der Waals surface area contributed by atoms with Crippen molar-refractivity contribution in [3.05, 3.63) is 23.8 Å². The minimum absolute atomic E-state index is 0.196. The van der Waals surface area contributed by atoms with E-state index >= 15 is 0 Å².